The van der Waals surface area contributed by atoms with Gasteiger partial charge < -0.3 is 9.84 Å². The zero-order valence-electron chi connectivity index (χ0n) is 9.64. The highest BCUT2D eigenvalue weighted by molar-refractivity contribution is 7.13. The Morgan fingerprint density at radius 1 is 1.39 bits per heavy atom. The van der Waals surface area contributed by atoms with Crippen LogP contribution >= 0.6 is 22.9 Å². The van der Waals surface area contributed by atoms with Crippen LogP contribution in [-0.4, -0.2) is 11.1 Å². The molecule has 0 aliphatic rings. The fraction of sp³-hybridized carbons (Fsp3) is 0.154. The lowest BCUT2D eigenvalue weighted by Gasteiger charge is -2.07. The van der Waals surface area contributed by atoms with Gasteiger partial charge in [0, 0.05) is 9.90 Å². The minimum atomic E-state index is -0.908. The second kappa shape index (κ2) is 5.42. The van der Waals surface area contributed by atoms with Gasteiger partial charge in [-0.1, -0.05) is 11.6 Å². The molecular weight excluding hydrogens is 272 g/mol. The molecule has 1 heterocycles. The molecular formula is C13H11ClO3S. The van der Waals surface area contributed by atoms with Gasteiger partial charge in [0.15, 0.2) is 0 Å². The molecule has 2 rings (SSSR count). The zero-order valence-corrected chi connectivity index (χ0v) is 11.2. The minimum absolute atomic E-state index is 0.321. The third-order valence-electron chi connectivity index (χ3n) is 2.38. The van der Waals surface area contributed by atoms with Gasteiger partial charge in [0.2, 0.25) is 0 Å². The fourth-order valence-corrected chi connectivity index (χ4v) is 2.48. The maximum atomic E-state index is 10.7. The lowest BCUT2D eigenvalue weighted by atomic mass is 10.2. The van der Waals surface area contributed by atoms with Gasteiger partial charge in [-0.25, -0.2) is 4.79 Å². The predicted molar refractivity (Wildman–Crippen MR) is 71.8 cm³/mol. The number of hydrogen-bond acceptors (Lipinski definition) is 3. The smallest absolute Gasteiger partial charge is 0.345 e. The number of benzene rings is 1. The molecule has 0 bridgehead atoms. The maximum Gasteiger partial charge on any atom is 0.345 e. The zero-order chi connectivity index (χ0) is 13.1. The molecule has 1 N–H and O–H groups in total. The standard InChI is InChI=1S/C13H11ClO3S/c1-8-6-9(14)2-4-11(8)17-7-10-3-5-12(18-10)13(15)16/h2-6H,7H2,1H3,(H,15,16). The predicted octanol–water partition coefficient (Wildman–Crippen LogP) is 3.99. The van der Waals surface area contributed by atoms with Crippen LogP contribution in [0.5, 0.6) is 5.75 Å². The molecule has 0 aliphatic carbocycles. The molecule has 0 saturated heterocycles. The van der Waals surface area contributed by atoms with E-state index in [1.54, 1.807) is 18.2 Å². The first-order valence-electron chi connectivity index (χ1n) is 5.27. The third-order valence-corrected chi connectivity index (χ3v) is 3.66. The van der Waals surface area contributed by atoms with Crippen LogP contribution in [0.15, 0.2) is 30.3 Å². The molecule has 0 amide bonds. The number of ether oxygens (including phenoxy) is 1. The van der Waals surface area contributed by atoms with Crippen LogP contribution in [0.4, 0.5) is 0 Å². The number of aryl methyl sites for hydroxylation is 1. The molecule has 0 atom stereocenters. The Morgan fingerprint density at radius 2 is 2.17 bits per heavy atom. The summed E-state index contributed by atoms with van der Waals surface area (Å²) < 4.78 is 5.63. The molecule has 18 heavy (non-hydrogen) atoms. The summed E-state index contributed by atoms with van der Waals surface area (Å²) in [5.41, 5.74) is 0.956. The van der Waals surface area contributed by atoms with E-state index in [2.05, 4.69) is 0 Å². The van der Waals surface area contributed by atoms with Gasteiger partial charge in [0.1, 0.15) is 17.2 Å². The van der Waals surface area contributed by atoms with E-state index in [1.165, 1.54) is 11.3 Å². The highest BCUT2D eigenvalue weighted by atomic mass is 35.5. The van der Waals surface area contributed by atoms with Crippen LogP contribution in [-0.2, 0) is 6.61 Å². The highest BCUT2D eigenvalue weighted by Gasteiger charge is 2.08. The molecule has 1 aromatic heterocycles. The van der Waals surface area contributed by atoms with E-state index in [4.69, 9.17) is 21.4 Å². The quantitative estimate of drug-likeness (QED) is 0.922. The van der Waals surface area contributed by atoms with Crippen molar-refractivity contribution in [2.75, 3.05) is 0 Å². The van der Waals surface area contributed by atoms with Crippen molar-refractivity contribution in [3.8, 4) is 5.75 Å². The molecule has 0 spiro atoms. The molecule has 0 aliphatic heterocycles. The van der Waals surface area contributed by atoms with Crippen LogP contribution in [0.3, 0.4) is 0 Å². The van der Waals surface area contributed by atoms with Crippen LogP contribution in [0, 0.1) is 6.92 Å². The molecule has 2 aromatic rings. The summed E-state index contributed by atoms with van der Waals surface area (Å²) in [5.74, 6) is -0.154. The van der Waals surface area contributed by atoms with Crippen molar-refractivity contribution >= 4 is 28.9 Å². The number of carboxylic acids is 1. The summed E-state index contributed by atoms with van der Waals surface area (Å²) in [7, 11) is 0. The Kier molecular flexibility index (Phi) is 3.89. The molecule has 0 radical (unpaired) electrons. The van der Waals surface area contributed by atoms with Gasteiger partial charge in [-0.2, -0.15) is 0 Å². The van der Waals surface area contributed by atoms with Gasteiger partial charge in [-0.3, -0.25) is 0 Å². The molecule has 1 aromatic carbocycles. The number of aromatic carboxylic acids is 1. The van der Waals surface area contributed by atoms with E-state index in [0.717, 1.165) is 16.2 Å². The van der Waals surface area contributed by atoms with Crippen molar-refractivity contribution in [2.24, 2.45) is 0 Å². The van der Waals surface area contributed by atoms with Gasteiger partial charge in [0.05, 0.1) is 0 Å². The average molecular weight is 283 g/mol. The van der Waals surface area contributed by atoms with Crippen molar-refractivity contribution in [1.82, 2.24) is 0 Å². The topological polar surface area (TPSA) is 46.5 Å². The second-order valence-electron chi connectivity index (χ2n) is 3.77. The van der Waals surface area contributed by atoms with Crippen LogP contribution in [0.1, 0.15) is 20.1 Å². The Hall–Kier alpha value is -1.52. The number of rotatable bonds is 4. The summed E-state index contributed by atoms with van der Waals surface area (Å²) in [6.45, 7) is 2.28. The van der Waals surface area contributed by atoms with E-state index < -0.39 is 5.97 Å². The molecule has 0 unspecified atom stereocenters. The number of halogens is 1. The molecule has 94 valence electrons. The summed E-state index contributed by atoms with van der Waals surface area (Å²) in [6, 6.07) is 8.75. The second-order valence-corrected chi connectivity index (χ2v) is 5.37. The lowest BCUT2D eigenvalue weighted by molar-refractivity contribution is 0.0702. The van der Waals surface area contributed by atoms with Gasteiger partial charge in [0.25, 0.3) is 0 Å². The van der Waals surface area contributed by atoms with Gasteiger partial charge >= 0.3 is 5.97 Å². The average Bonchev–Trinajstić information content (AvgIpc) is 2.76. The maximum absolute atomic E-state index is 10.7. The first-order chi connectivity index (χ1) is 8.56. The summed E-state index contributed by atoms with van der Waals surface area (Å²) in [6.07, 6.45) is 0. The lowest BCUT2D eigenvalue weighted by Crippen LogP contribution is -1.95. The van der Waals surface area contributed by atoms with Crippen LogP contribution < -0.4 is 4.74 Å². The first kappa shape index (κ1) is 12.9. The SMILES string of the molecule is Cc1cc(Cl)ccc1OCc1ccc(C(=O)O)s1. The van der Waals surface area contributed by atoms with Crippen molar-refractivity contribution in [3.63, 3.8) is 0 Å². The minimum Gasteiger partial charge on any atom is -0.488 e. The third kappa shape index (κ3) is 3.03. The normalized spacial score (nSPS) is 10.3. The van der Waals surface area contributed by atoms with E-state index in [9.17, 15) is 4.79 Å². The Balaban J connectivity index is 2.04. The Bertz CT molecular complexity index is 577. The van der Waals surface area contributed by atoms with Crippen LogP contribution in [0.2, 0.25) is 5.02 Å². The van der Waals surface area contributed by atoms with Crippen LogP contribution in [0.25, 0.3) is 0 Å². The van der Waals surface area contributed by atoms with Crippen molar-refractivity contribution < 1.29 is 14.6 Å². The molecule has 5 heteroatoms. The van der Waals surface area contributed by atoms with E-state index in [1.807, 2.05) is 19.1 Å². The monoisotopic (exact) mass is 282 g/mol. The number of hydrogen-bond donors (Lipinski definition) is 1. The van der Waals surface area contributed by atoms with Crippen molar-refractivity contribution in [3.05, 3.63) is 50.7 Å². The summed E-state index contributed by atoms with van der Waals surface area (Å²) >= 11 is 7.07. The largest absolute Gasteiger partial charge is 0.488 e. The van der Waals surface area contributed by atoms with Gasteiger partial charge in [-0.15, -0.1) is 11.3 Å². The summed E-state index contributed by atoms with van der Waals surface area (Å²) in [5, 5.41) is 9.48. The molecule has 0 fully saturated rings. The fourth-order valence-electron chi connectivity index (χ4n) is 1.49. The molecule has 3 nitrogen and oxygen atoms in total. The first-order valence-corrected chi connectivity index (χ1v) is 6.46. The van der Waals surface area contributed by atoms with E-state index >= 15 is 0 Å². The van der Waals surface area contributed by atoms with E-state index in [-0.39, 0.29) is 0 Å². The highest BCUT2D eigenvalue weighted by Crippen LogP contribution is 2.24. The molecule has 0 saturated carbocycles. The summed E-state index contributed by atoms with van der Waals surface area (Å²) in [4.78, 5) is 11.9. The van der Waals surface area contributed by atoms with Gasteiger partial charge in [-0.05, 0) is 42.8 Å². The number of carboxylic acid groups (broad SMARTS) is 1. The van der Waals surface area contributed by atoms with E-state index in [0.29, 0.717) is 16.5 Å². The van der Waals surface area contributed by atoms with Crippen molar-refractivity contribution in [2.45, 2.75) is 13.5 Å². The number of thiophene rings is 1. The number of carbonyl (C=O) groups is 1. The van der Waals surface area contributed by atoms with Crippen molar-refractivity contribution in [1.29, 1.82) is 0 Å². The Morgan fingerprint density at radius 3 is 2.78 bits per heavy atom. The Labute approximate surface area is 114 Å².